The highest BCUT2D eigenvalue weighted by Gasteiger charge is 2.11. The monoisotopic (exact) mass is 372 g/mol. The van der Waals surface area contributed by atoms with Crippen molar-refractivity contribution in [3.8, 4) is 17.1 Å². The second kappa shape index (κ2) is 7.00. The van der Waals surface area contributed by atoms with Crippen LogP contribution < -0.4 is 0 Å². The van der Waals surface area contributed by atoms with E-state index in [2.05, 4.69) is 4.98 Å². The molecule has 4 rings (SSSR count). The van der Waals surface area contributed by atoms with Gasteiger partial charge in [-0.1, -0.05) is 18.2 Å². The van der Waals surface area contributed by atoms with Crippen LogP contribution >= 0.6 is 0 Å². The quantitative estimate of drug-likeness (QED) is 0.373. The number of nitro benzene ring substituents is 1. The van der Waals surface area contributed by atoms with Crippen LogP contribution in [0.25, 0.3) is 34.4 Å². The number of fused-ring (bicyclic) bond motifs is 1. The molecule has 6 heteroatoms. The fraction of sp³-hybridized carbons (Fsp3) is 0.0455. The minimum atomic E-state index is -0.415. The van der Waals surface area contributed by atoms with Gasteiger partial charge in [-0.15, -0.1) is 0 Å². The molecule has 1 N–H and O–H groups in total. The van der Waals surface area contributed by atoms with Crippen molar-refractivity contribution in [2.45, 2.75) is 6.92 Å². The number of rotatable bonds is 4. The summed E-state index contributed by atoms with van der Waals surface area (Å²) in [6, 6.07) is 17.4. The van der Waals surface area contributed by atoms with Crippen molar-refractivity contribution >= 4 is 28.7 Å². The molecule has 28 heavy (non-hydrogen) atoms. The van der Waals surface area contributed by atoms with Gasteiger partial charge in [0.15, 0.2) is 0 Å². The highest BCUT2D eigenvalue weighted by molar-refractivity contribution is 5.85. The van der Waals surface area contributed by atoms with Crippen molar-refractivity contribution in [1.82, 2.24) is 4.98 Å². The van der Waals surface area contributed by atoms with Gasteiger partial charge in [0.05, 0.1) is 10.6 Å². The molecule has 0 atom stereocenters. The molecule has 2 aromatic heterocycles. The highest BCUT2D eigenvalue weighted by atomic mass is 16.6. The Bertz CT molecular complexity index is 1220. The van der Waals surface area contributed by atoms with Crippen LogP contribution in [0.4, 0.5) is 5.69 Å². The zero-order valence-electron chi connectivity index (χ0n) is 15.0. The van der Waals surface area contributed by atoms with Gasteiger partial charge in [-0.3, -0.25) is 10.1 Å². The Balaban J connectivity index is 1.60. The lowest BCUT2D eigenvalue weighted by molar-refractivity contribution is -0.384. The van der Waals surface area contributed by atoms with E-state index in [-0.39, 0.29) is 11.4 Å². The Morgan fingerprint density at radius 3 is 2.71 bits per heavy atom. The summed E-state index contributed by atoms with van der Waals surface area (Å²) < 4.78 is 5.85. The van der Waals surface area contributed by atoms with Gasteiger partial charge in [0, 0.05) is 23.1 Å². The zero-order valence-corrected chi connectivity index (χ0v) is 15.0. The smallest absolute Gasteiger partial charge is 0.269 e. The Labute approximate surface area is 160 Å². The van der Waals surface area contributed by atoms with Crippen LogP contribution in [0.15, 0.2) is 65.1 Å². The predicted octanol–water partition coefficient (Wildman–Crippen LogP) is 5.59. The summed E-state index contributed by atoms with van der Waals surface area (Å²) in [6.45, 7) is 1.81. The minimum Gasteiger partial charge on any atom is -0.506 e. The number of furan rings is 1. The summed E-state index contributed by atoms with van der Waals surface area (Å²) in [5, 5.41) is 21.7. The molecule has 0 fully saturated rings. The van der Waals surface area contributed by atoms with Crippen LogP contribution in [0.5, 0.6) is 5.75 Å². The SMILES string of the molecule is Cc1cc([N+](=O)[O-])ccc1-c1ccc(C=Cc2ccc3cccc(O)c3n2)o1. The molecule has 4 aromatic rings. The standard InChI is InChI=1S/C22H16N2O4/c1-14-13-17(24(26)27)8-11-19(14)21-12-10-18(28-21)9-7-16-6-5-15-3-2-4-20(25)22(15)23-16/h2-13,25H,1H3. The van der Waals surface area contributed by atoms with Crippen molar-refractivity contribution in [3.63, 3.8) is 0 Å². The number of phenolic OH excluding ortho intramolecular Hbond substituents is 1. The second-order valence-corrected chi connectivity index (χ2v) is 6.38. The highest BCUT2D eigenvalue weighted by Crippen LogP contribution is 2.29. The first-order valence-electron chi connectivity index (χ1n) is 8.63. The third kappa shape index (κ3) is 3.35. The molecule has 2 heterocycles. The van der Waals surface area contributed by atoms with Gasteiger partial charge >= 0.3 is 0 Å². The van der Waals surface area contributed by atoms with Crippen LogP contribution in [-0.2, 0) is 0 Å². The largest absolute Gasteiger partial charge is 0.506 e. The summed E-state index contributed by atoms with van der Waals surface area (Å²) >= 11 is 0. The molecule has 2 aromatic carbocycles. The van der Waals surface area contributed by atoms with Crippen LogP contribution in [0.1, 0.15) is 17.0 Å². The summed E-state index contributed by atoms with van der Waals surface area (Å²) in [7, 11) is 0. The molecule has 0 aliphatic heterocycles. The van der Waals surface area contributed by atoms with E-state index in [1.807, 2.05) is 37.3 Å². The Hall–Kier alpha value is -3.93. The Kier molecular flexibility index (Phi) is 4.37. The first kappa shape index (κ1) is 17.5. The number of aryl methyl sites for hydroxylation is 1. The Morgan fingerprint density at radius 2 is 1.93 bits per heavy atom. The molecule has 0 saturated heterocycles. The molecule has 0 radical (unpaired) electrons. The number of hydrogen-bond acceptors (Lipinski definition) is 5. The molecule has 0 saturated carbocycles. The van der Waals surface area contributed by atoms with E-state index in [9.17, 15) is 15.2 Å². The van der Waals surface area contributed by atoms with Gasteiger partial charge in [-0.2, -0.15) is 0 Å². The van der Waals surface area contributed by atoms with Crippen molar-refractivity contribution in [1.29, 1.82) is 0 Å². The number of hydrogen-bond donors (Lipinski definition) is 1. The van der Waals surface area contributed by atoms with Gasteiger partial charge in [0.2, 0.25) is 0 Å². The number of nitro groups is 1. The van der Waals surface area contributed by atoms with Gasteiger partial charge in [0.25, 0.3) is 5.69 Å². The number of aromatic nitrogens is 1. The third-order valence-electron chi connectivity index (χ3n) is 4.45. The van der Waals surface area contributed by atoms with Crippen LogP contribution in [-0.4, -0.2) is 15.0 Å². The van der Waals surface area contributed by atoms with Crippen molar-refractivity contribution < 1.29 is 14.4 Å². The molecule has 0 aliphatic carbocycles. The average Bonchev–Trinajstić information content (AvgIpc) is 3.15. The van der Waals surface area contributed by atoms with E-state index in [4.69, 9.17) is 4.42 Å². The van der Waals surface area contributed by atoms with Gasteiger partial charge in [-0.05, 0) is 55.0 Å². The molecular formula is C22H16N2O4. The summed E-state index contributed by atoms with van der Waals surface area (Å²) in [4.78, 5) is 14.9. The first-order valence-corrected chi connectivity index (χ1v) is 8.63. The number of non-ortho nitro benzene ring substituents is 1. The topological polar surface area (TPSA) is 89.4 Å². The van der Waals surface area contributed by atoms with Crippen LogP contribution in [0.3, 0.4) is 0 Å². The molecule has 0 bridgehead atoms. The Morgan fingerprint density at radius 1 is 1.07 bits per heavy atom. The van der Waals surface area contributed by atoms with Gasteiger partial charge in [-0.25, -0.2) is 4.98 Å². The maximum Gasteiger partial charge on any atom is 0.269 e. The van der Waals surface area contributed by atoms with E-state index < -0.39 is 4.92 Å². The third-order valence-corrected chi connectivity index (χ3v) is 4.45. The van der Waals surface area contributed by atoms with Gasteiger partial charge in [0.1, 0.15) is 22.8 Å². The molecule has 0 unspecified atom stereocenters. The first-order chi connectivity index (χ1) is 13.5. The van der Waals surface area contributed by atoms with E-state index in [0.717, 1.165) is 16.5 Å². The average molecular weight is 372 g/mol. The summed E-state index contributed by atoms with van der Waals surface area (Å²) in [6.07, 6.45) is 3.59. The van der Waals surface area contributed by atoms with E-state index in [0.29, 0.717) is 22.7 Å². The van der Waals surface area contributed by atoms with Crippen LogP contribution in [0.2, 0.25) is 0 Å². The maximum absolute atomic E-state index is 10.9. The minimum absolute atomic E-state index is 0.0542. The van der Waals surface area contributed by atoms with Gasteiger partial charge < -0.3 is 9.52 Å². The molecule has 0 aliphatic rings. The molecule has 6 nitrogen and oxygen atoms in total. The fourth-order valence-electron chi connectivity index (χ4n) is 3.03. The maximum atomic E-state index is 10.9. The second-order valence-electron chi connectivity index (χ2n) is 6.38. The number of aromatic hydroxyl groups is 1. The lowest BCUT2D eigenvalue weighted by atomic mass is 10.1. The summed E-state index contributed by atoms with van der Waals surface area (Å²) in [5.74, 6) is 1.41. The van der Waals surface area contributed by atoms with E-state index >= 15 is 0 Å². The van der Waals surface area contributed by atoms with Crippen molar-refractivity contribution in [2.24, 2.45) is 0 Å². The number of phenols is 1. The van der Waals surface area contributed by atoms with E-state index in [1.54, 1.807) is 30.4 Å². The normalized spacial score (nSPS) is 11.3. The molecule has 0 amide bonds. The van der Waals surface area contributed by atoms with E-state index in [1.165, 1.54) is 12.1 Å². The molecular weight excluding hydrogens is 356 g/mol. The lowest BCUT2D eigenvalue weighted by Gasteiger charge is -2.02. The predicted molar refractivity (Wildman–Crippen MR) is 108 cm³/mol. The summed E-state index contributed by atoms with van der Waals surface area (Å²) in [5.41, 5.74) is 2.87. The number of nitrogens with zero attached hydrogens (tertiary/aromatic N) is 2. The number of pyridine rings is 1. The van der Waals surface area contributed by atoms with Crippen molar-refractivity contribution in [2.75, 3.05) is 0 Å². The molecule has 0 spiro atoms. The number of benzene rings is 2. The molecule has 138 valence electrons. The fourth-order valence-corrected chi connectivity index (χ4v) is 3.03. The van der Waals surface area contributed by atoms with Crippen molar-refractivity contribution in [3.05, 3.63) is 87.8 Å². The lowest BCUT2D eigenvalue weighted by Crippen LogP contribution is -1.89. The van der Waals surface area contributed by atoms with Crippen LogP contribution in [0, 0.1) is 17.0 Å². The zero-order chi connectivity index (χ0) is 19.7. The number of para-hydroxylation sites is 1.